The second-order valence-corrected chi connectivity index (χ2v) is 8.43. The van der Waals surface area contributed by atoms with Crippen molar-refractivity contribution in [3.8, 4) is 5.69 Å². The maximum absolute atomic E-state index is 13.2. The smallest absolute Gasteiger partial charge is 0.273 e. The van der Waals surface area contributed by atoms with Crippen LogP contribution in [0.1, 0.15) is 30.3 Å². The van der Waals surface area contributed by atoms with Gasteiger partial charge in [-0.25, -0.2) is 9.67 Å². The highest BCUT2D eigenvalue weighted by molar-refractivity contribution is 9.10. The molecule has 0 aliphatic heterocycles. The van der Waals surface area contributed by atoms with Crippen molar-refractivity contribution in [1.29, 1.82) is 0 Å². The Morgan fingerprint density at radius 1 is 1.09 bits per heavy atom. The largest absolute Gasteiger partial charge is 0.352 e. The highest BCUT2D eigenvalue weighted by Crippen LogP contribution is 2.20. The van der Waals surface area contributed by atoms with Crippen LogP contribution in [0.5, 0.6) is 0 Å². The Morgan fingerprint density at radius 2 is 1.81 bits per heavy atom. The van der Waals surface area contributed by atoms with E-state index in [4.69, 9.17) is 0 Å². The molecule has 0 aliphatic carbocycles. The van der Waals surface area contributed by atoms with E-state index in [0.717, 1.165) is 21.4 Å². The molecule has 0 spiro atoms. The third-order valence-electron chi connectivity index (χ3n) is 5.31. The number of amides is 1. The van der Waals surface area contributed by atoms with Crippen molar-refractivity contribution in [3.05, 3.63) is 86.4 Å². The van der Waals surface area contributed by atoms with Gasteiger partial charge in [-0.15, -0.1) is 0 Å². The van der Waals surface area contributed by atoms with Gasteiger partial charge in [0.05, 0.1) is 11.4 Å². The molecule has 0 unspecified atom stereocenters. The zero-order valence-corrected chi connectivity index (χ0v) is 19.6. The van der Waals surface area contributed by atoms with Gasteiger partial charge in [-0.1, -0.05) is 46.3 Å². The van der Waals surface area contributed by atoms with Crippen LogP contribution in [0.4, 0.5) is 0 Å². The van der Waals surface area contributed by atoms with Crippen LogP contribution in [-0.4, -0.2) is 25.2 Å². The molecule has 0 radical (unpaired) electrons. The first kappa shape index (κ1) is 22.0. The van der Waals surface area contributed by atoms with Crippen molar-refractivity contribution < 1.29 is 4.79 Å². The van der Waals surface area contributed by atoms with E-state index in [1.165, 1.54) is 0 Å². The van der Waals surface area contributed by atoms with Crippen LogP contribution >= 0.6 is 15.9 Å². The zero-order valence-electron chi connectivity index (χ0n) is 18.0. The molecule has 0 aliphatic rings. The van der Waals surface area contributed by atoms with E-state index in [2.05, 4.69) is 31.3 Å². The van der Waals surface area contributed by atoms with Gasteiger partial charge >= 0.3 is 0 Å². The van der Waals surface area contributed by atoms with Gasteiger partial charge in [-0.05, 0) is 43.7 Å². The monoisotopic (exact) mass is 493 g/mol. The fraction of sp³-hybridized carbons (Fsp3) is 0.250. The molecule has 32 heavy (non-hydrogen) atoms. The average molecular weight is 494 g/mol. The van der Waals surface area contributed by atoms with E-state index in [0.29, 0.717) is 29.9 Å². The number of halogens is 1. The van der Waals surface area contributed by atoms with Crippen molar-refractivity contribution in [2.24, 2.45) is 0 Å². The number of aromatic nitrogens is 4. The molecular weight excluding hydrogens is 470 g/mol. The summed E-state index contributed by atoms with van der Waals surface area (Å²) >= 11 is 3.40. The number of nitrogens with zero attached hydrogens (tertiary/aromatic N) is 4. The van der Waals surface area contributed by atoms with Gasteiger partial charge in [-0.2, -0.15) is 5.10 Å². The second-order valence-electron chi connectivity index (χ2n) is 7.52. The van der Waals surface area contributed by atoms with Crippen molar-refractivity contribution in [1.82, 2.24) is 24.6 Å². The minimum absolute atomic E-state index is 0.117. The lowest BCUT2D eigenvalue weighted by molar-refractivity contribution is -0.121. The molecule has 2 heterocycles. The van der Waals surface area contributed by atoms with Gasteiger partial charge in [0.2, 0.25) is 5.91 Å². The molecule has 0 atom stereocenters. The maximum atomic E-state index is 13.2. The molecule has 4 rings (SSSR count). The number of carbonyl (C=O) groups excluding carboxylic acids is 1. The van der Waals surface area contributed by atoms with Crippen molar-refractivity contribution in [3.63, 3.8) is 0 Å². The van der Waals surface area contributed by atoms with E-state index < -0.39 is 0 Å². The molecular formula is C24H24BrN5O2. The first-order valence-corrected chi connectivity index (χ1v) is 11.3. The summed E-state index contributed by atoms with van der Waals surface area (Å²) in [5.74, 6) is -0.117. The number of para-hydroxylation sites is 1. The number of carbonyl (C=O) groups is 1. The van der Waals surface area contributed by atoms with E-state index in [-0.39, 0.29) is 24.3 Å². The van der Waals surface area contributed by atoms with Crippen molar-refractivity contribution in [2.75, 3.05) is 0 Å². The van der Waals surface area contributed by atoms with E-state index in [9.17, 15) is 9.59 Å². The Hall–Kier alpha value is -3.26. The summed E-state index contributed by atoms with van der Waals surface area (Å²) in [6, 6.07) is 17.5. The lowest BCUT2D eigenvalue weighted by Crippen LogP contribution is -2.28. The zero-order chi connectivity index (χ0) is 22.7. The number of benzene rings is 2. The summed E-state index contributed by atoms with van der Waals surface area (Å²) in [4.78, 5) is 30.1. The SMILES string of the molecule is CCn1c(=O)c(CCC(=O)NCc2ccc(Br)cc2)nc2c(C)nn(-c3ccccc3)c21. The summed E-state index contributed by atoms with van der Waals surface area (Å²) in [5, 5.41) is 7.53. The highest BCUT2D eigenvalue weighted by atomic mass is 79.9. The predicted molar refractivity (Wildman–Crippen MR) is 128 cm³/mol. The molecule has 1 N–H and O–H groups in total. The second kappa shape index (κ2) is 9.48. The van der Waals surface area contributed by atoms with Gasteiger partial charge in [0.1, 0.15) is 11.2 Å². The molecule has 0 bridgehead atoms. The number of hydrogen-bond donors (Lipinski definition) is 1. The summed E-state index contributed by atoms with van der Waals surface area (Å²) in [6.07, 6.45) is 0.469. The third-order valence-corrected chi connectivity index (χ3v) is 5.84. The number of rotatable bonds is 7. The van der Waals surface area contributed by atoms with Crippen LogP contribution in [0.25, 0.3) is 16.9 Å². The topological polar surface area (TPSA) is 81.8 Å². The molecule has 0 saturated heterocycles. The van der Waals surface area contributed by atoms with E-state index in [1.807, 2.05) is 68.4 Å². The molecule has 0 saturated carbocycles. The Kier molecular flexibility index (Phi) is 6.50. The maximum Gasteiger partial charge on any atom is 0.273 e. The number of aryl methyl sites for hydroxylation is 3. The minimum atomic E-state index is -0.183. The van der Waals surface area contributed by atoms with Gasteiger partial charge in [0.25, 0.3) is 5.56 Å². The minimum Gasteiger partial charge on any atom is -0.352 e. The van der Waals surface area contributed by atoms with Gasteiger partial charge < -0.3 is 5.32 Å². The summed E-state index contributed by atoms with van der Waals surface area (Å²) in [6.45, 7) is 4.74. The van der Waals surface area contributed by atoms with Crippen LogP contribution in [0.2, 0.25) is 0 Å². The lowest BCUT2D eigenvalue weighted by atomic mass is 10.2. The normalized spacial score (nSPS) is 11.1. The van der Waals surface area contributed by atoms with Crippen LogP contribution in [-0.2, 0) is 24.3 Å². The van der Waals surface area contributed by atoms with E-state index in [1.54, 1.807) is 9.25 Å². The highest BCUT2D eigenvalue weighted by Gasteiger charge is 2.19. The Bertz CT molecular complexity index is 1310. The summed E-state index contributed by atoms with van der Waals surface area (Å²) in [5.41, 5.74) is 4.18. The first-order chi connectivity index (χ1) is 15.5. The fourth-order valence-corrected chi connectivity index (χ4v) is 3.91. The summed E-state index contributed by atoms with van der Waals surface area (Å²) < 4.78 is 4.44. The Labute approximate surface area is 194 Å². The first-order valence-electron chi connectivity index (χ1n) is 10.5. The van der Waals surface area contributed by atoms with Gasteiger partial charge in [-0.3, -0.25) is 14.2 Å². The Balaban J connectivity index is 1.56. The van der Waals surface area contributed by atoms with Crippen molar-refractivity contribution >= 4 is 33.0 Å². The molecule has 7 nitrogen and oxygen atoms in total. The summed E-state index contributed by atoms with van der Waals surface area (Å²) in [7, 11) is 0. The quantitative estimate of drug-likeness (QED) is 0.422. The van der Waals surface area contributed by atoms with Crippen LogP contribution in [0.3, 0.4) is 0 Å². The molecule has 0 fully saturated rings. The standard InChI is InChI=1S/C24H24BrN5O2/c1-3-29-23-22(16(2)28-30(23)19-7-5-4-6-8-19)27-20(24(29)32)13-14-21(31)26-15-17-9-11-18(25)12-10-17/h4-12H,3,13-15H2,1-2H3,(H,26,31). The Morgan fingerprint density at radius 3 is 2.50 bits per heavy atom. The van der Waals surface area contributed by atoms with Crippen LogP contribution in [0.15, 0.2) is 63.9 Å². The van der Waals surface area contributed by atoms with Crippen LogP contribution < -0.4 is 10.9 Å². The van der Waals surface area contributed by atoms with Gasteiger partial charge in [0, 0.05) is 30.4 Å². The predicted octanol–water partition coefficient (Wildman–Crippen LogP) is 3.92. The lowest BCUT2D eigenvalue weighted by Gasteiger charge is -2.11. The average Bonchev–Trinajstić information content (AvgIpc) is 3.14. The number of fused-ring (bicyclic) bond motifs is 1. The van der Waals surface area contributed by atoms with Gasteiger partial charge in [0.15, 0.2) is 5.65 Å². The number of hydrogen-bond acceptors (Lipinski definition) is 4. The fourth-order valence-electron chi connectivity index (χ4n) is 3.64. The molecule has 4 aromatic rings. The molecule has 2 aromatic heterocycles. The molecule has 8 heteroatoms. The third kappa shape index (κ3) is 4.50. The van der Waals surface area contributed by atoms with Crippen LogP contribution in [0, 0.1) is 6.92 Å². The van der Waals surface area contributed by atoms with Crippen molar-refractivity contribution in [2.45, 2.75) is 39.8 Å². The molecule has 164 valence electrons. The number of nitrogens with one attached hydrogen (secondary N) is 1. The molecule has 1 amide bonds. The molecule has 2 aromatic carbocycles. The van der Waals surface area contributed by atoms with E-state index >= 15 is 0 Å².